The van der Waals surface area contributed by atoms with Crippen molar-refractivity contribution in [3.8, 4) is 0 Å². The van der Waals surface area contributed by atoms with Crippen LogP contribution in [0.3, 0.4) is 0 Å². The van der Waals surface area contributed by atoms with E-state index in [1.807, 2.05) is 44.2 Å². The van der Waals surface area contributed by atoms with E-state index in [0.29, 0.717) is 5.84 Å². The van der Waals surface area contributed by atoms with Crippen molar-refractivity contribution in [1.29, 1.82) is 0 Å². The van der Waals surface area contributed by atoms with Crippen LogP contribution in [0.5, 0.6) is 0 Å². The standard InChI is InChI=1S/C12H13ClN2/c1-9(2)14-12(15-10(3)13)11-7-5-4-6-8-11/h4-8H,3H2,1-2H3/b15-12-. The van der Waals surface area contributed by atoms with Gasteiger partial charge in [0.25, 0.3) is 0 Å². The second-order valence-corrected chi connectivity index (χ2v) is 3.67. The molecule has 0 spiro atoms. The van der Waals surface area contributed by atoms with Crippen LogP contribution >= 0.6 is 11.6 Å². The summed E-state index contributed by atoms with van der Waals surface area (Å²) in [5.74, 6) is 0.593. The minimum Gasteiger partial charge on any atom is -0.238 e. The summed E-state index contributed by atoms with van der Waals surface area (Å²) in [6.07, 6.45) is 0. The number of benzene rings is 1. The van der Waals surface area contributed by atoms with E-state index >= 15 is 0 Å². The van der Waals surface area contributed by atoms with Gasteiger partial charge in [-0.2, -0.15) is 0 Å². The smallest absolute Gasteiger partial charge is 0.160 e. The van der Waals surface area contributed by atoms with Crippen molar-refractivity contribution in [2.24, 2.45) is 9.98 Å². The maximum Gasteiger partial charge on any atom is 0.160 e. The summed E-state index contributed by atoms with van der Waals surface area (Å²) in [7, 11) is 0. The molecule has 1 aromatic carbocycles. The van der Waals surface area contributed by atoms with Crippen molar-refractivity contribution in [3.05, 3.63) is 47.6 Å². The molecule has 1 aromatic rings. The monoisotopic (exact) mass is 220 g/mol. The van der Waals surface area contributed by atoms with Crippen LogP contribution in [0.25, 0.3) is 0 Å². The van der Waals surface area contributed by atoms with Crippen LogP contribution in [-0.4, -0.2) is 11.5 Å². The molecule has 2 nitrogen and oxygen atoms in total. The molecule has 0 fully saturated rings. The van der Waals surface area contributed by atoms with E-state index < -0.39 is 0 Å². The number of aliphatic imine (C=N–C) groups is 2. The Kier molecular flexibility index (Phi) is 4.25. The molecule has 0 heterocycles. The summed E-state index contributed by atoms with van der Waals surface area (Å²) in [6, 6.07) is 9.68. The van der Waals surface area contributed by atoms with Crippen LogP contribution in [0.2, 0.25) is 0 Å². The van der Waals surface area contributed by atoms with Crippen molar-refractivity contribution in [1.82, 2.24) is 0 Å². The van der Waals surface area contributed by atoms with Crippen LogP contribution in [0.15, 0.2) is 52.1 Å². The first-order valence-corrected chi connectivity index (χ1v) is 4.98. The Hall–Kier alpha value is -1.41. The molecular formula is C12H13ClN2. The first-order chi connectivity index (χ1) is 7.09. The molecule has 0 radical (unpaired) electrons. The first-order valence-electron chi connectivity index (χ1n) is 4.60. The molecule has 0 saturated carbocycles. The zero-order valence-corrected chi connectivity index (χ0v) is 9.62. The Balaban J connectivity index is 3.14. The summed E-state index contributed by atoms with van der Waals surface area (Å²) in [4.78, 5) is 8.40. The molecule has 0 aromatic heterocycles. The van der Waals surface area contributed by atoms with E-state index in [9.17, 15) is 0 Å². The summed E-state index contributed by atoms with van der Waals surface area (Å²) >= 11 is 5.65. The van der Waals surface area contributed by atoms with Crippen LogP contribution in [0.1, 0.15) is 19.4 Å². The van der Waals surface area contributed by atoms with Crippen LogP contribution in [0.4, 0.5) is 0 Å². The van der Waals surface area contributed by atoms with Crippen molar-refractivity contribution < 1.29 is 0 Å². The fourth-order valence-electron chi connectivity index (χ4n) is 1.07. The topological polar surface area (TPSA) is 24.7 Å². The molecule has 0 amide bonds. The lowest BCUT2D eigenvalue weighted by molar-refractivity contribution is 1.43. The third-order valence-electron chi connectivity index (χ3n) is 1.59. The average Bonchev–Trinajstić information content (AvgIpc) is 2.17. The molecule has 0 aliphatic carbocycles. The third-order valence-corrected chi connectivity index (χ3v) is 1.67. The number of rotatable bonds is 2. The first kappa shape index (κ1) is 11.7. The number of hydrogen-bond acceptors (Lipinski definition) is 1. The Labute approximate surface area is 95.0 Å². The SMILES string of the molecule is C=C(Cl)/N=C(\N=C(C)C)c1ccccc1. The quantitative estimate of drug-likeness (QED) is 0.413. The van der Waals surface area contributed by atoms with Gasteiger partial charge in [-0.25, -0.2) is 9.98 Å². The molecule has 0 aliphatic rings. The van der Waals surface area contributed by atoms with Gasteiger partial charge in [0.1, 0.15) is 5.16 Å². The highest BCUT2D eigenvalue weighted by Gasteiger charge is 2.00. The van der Waals surface area contributed by atoms with Crippen LogP contribution in [0, 0.1) is 0 Å². The molecule has 0 N–H and O–H groups in total. The molecule has 0 bridgehead atoms. The highest BCUT2D eigenvalue weighted by Crippen LogP contribution is 2.08. The van der Waals surface area contributed by atoms with Gasteiger partial charge in [-0.3, -0.25) is 0 Å². The fraction of sp³-hybridized carbons (Fsp3) is 0.167. The molecule has 1 rings (SSSR count). The van der Waals surface area contributed by atoms with Crippen molar-refractivity contribution in [3.63, 3.8) is 0 Å². The van der Waals surface area contributed by atoms with E-state index in [1.54, 1.807) is 0 Å². The van der Waals surface area contributed by atoms with Gasteiger partial charge in [0.15, 0.2) is 5.84 Å². The molecular weight excluding hydrogens is 208 g/mol. The van der Waals surface area contributed by atoms with Gasteiger partial charge in [0.05, 0.1) is 0 Å². The van der Waals surface area contributed by atoms with E-state index in [1.165, 1.54) is 0 Å². The second kappa shape index (κ2) is 5.47. The average molecular weight is 221 g/mol. The van der Waals surface area contributed by atoms with Gasteiger partial charge in [-0.05, 0) is 13.8 Å². The minimum absolute atomic E-state index is 0.235. The second-order valence-electron chi connectivity index (χ2n) is 3.24. The van der Waals surface area contributed by atoms with E-state index in [4.69, 9.17) is 11.6 Å². The Morgan fingerprint density at radius 2 is 1.73 bits per heavy atom. The van der Waals surface area contributed by atoms with E-state index in [2.05, 4.69) is 16.6 Å². The van der Waals surface area contributed by atoms with Crippen LogP contribution in [-0.2, 0) is 0 Å². The molecule has 0 saturated heterocycles. The molecule has 0 atom stereocenters. The predicted molar refractivity (Wildman–Crippen MR) is 66.8 cm³/mol. The van der Waals surface area contributed by atoms with Gasteiger partial charge in [0, 0.05) is 11.3 Å². The summed E-state index contributed by atoms with van der Waals surface area (Å²) in [6.45, 7) is 7.36. The maximum atomic E-state index is 5.65. The van der Waals surface area contributed by atoms with Gasteiger partial charge in [-0.1, -0.05) is 48.5 Å². The highest BCUT2D eigenvalue weighted by molar-refractivity contribution is 6.30. The number of halogens is 1. The minimum atomic E-state index is 0.235. The summed E-state index contributed by atoms with van der Waals surface area (Å²) in [5, 5.41) is 0.235. The van der Waals surface area contributed by atoms with Crippen molar-refractivity contribution in [2.45, 2.75) is 13.8 Å². The predicted octanol–water partition coefficient (Wildman–Crippen LogP) is 3.62. The lowest BCUT2D eigenvalue weighted by Crippen LogP contribution is -1.99. The lowest BCUT2D eigenvalue weighted by atomic mass is 10.2. The molecule has 78 valence electrons. The molecule has 3 heteroatoms. The van der Waals surface area contributed by atoms with Gasteiger partial charge in [0.2, 0.25) is 0 Å². The van der Waals surface area contributed by atoms with Gasteiger partial charge in [-0.15, -0.1) is 0 Å². The fourth-order valence-corrected chi connectivity index (χ4v) is 1.15. The van der Waals surface area contributed by atoms with Crippen molar-refractivity contribution >= 4 is 23.1 Å². The maximum absolute atomic E-state index is 5.65. The lowest BCUT2D eigenvalue weighted by Gasteiger charge is -2.01. The van der Waals surface area contributed by atoms with Crippen LogP contribution < -0.4 is 0 Å². The molecule has 0 unspecified atom stereocenters. The van der Waals surface area contributed by atoms with Gasteiger partial charge < -0.3 is 0 Å². The largest absolute Gasteiger partial charge is 0.238 e. The third kappa shape index (κ3) is 4.09. The van der Waals surface area contributed by atoms with E-state index in [-0.39, 0.29) is 5.16 Å². The Bertz CT molecular complexity index is 401. The zero-order valence-electron chi connectivity index (χ0n) is 8.87. The number of hydrogen-bond donors (Lipinski definition) is 0. The Morgan fingerprint density at radius 3 is 2.20 bits per heavy atom. The van der Waals surface area contributed by atoms with E-state index in [0.717, 1.165) is 11.3 Å². The highest BCUT2D eigenvalue weighted by atomic mass is 35.5. The summed E-state index contributed by atoms with van der Waals surface area (Å²) < 4.78 is 0. The normalized spacial score (nSPS) is 11.0. The van der Waals surface area contributed by atoms with Gasteiger partial charge >= 0.3 is 0 Å². The zero-order chi connectivity index (χ0) is 11.3. The Morgan fingerprint density at radius 1 is 1.13 bits per heavy atom. The number of amidine groups is 1. The molecule has 15 heavy (non-hydrogen) atoms. The molecule has 0 aliphatic heterocycles. The summed E-state index contributed by atoms with van der Waals surface area (Å²) in [5.41, 5.74) is 1.86. The van der Waals surface area contributed by atoms with Crippen molar-refractivity contribution in [2.75, 3.05) is 0 Å². The number of nitrogens with zero attached hydrogens (tertiary/aromatic N) is 2.